The molecule has 0 spiro atoms. The maximum atomic E-state index is 13.4. The van der Waals surface area contributed by atoms with Gasteiger partial charge in [0.15, 0.2) is 17.2 Å². The Labute approximate surface area is 236 Å². The largest absolute Gasteiger partial charge is 0.443 e. The van der Waals surface area contributed by atoms with Gasteiger partial charge in [-0.1, -0.05) is 0 Å². The van der Waals surface area contributed by atoms with Crippen molar-refractivity contribution in [2.24, 2.45) is 11.8 Å². The van der Waals surface area contributed by atoms with Gasteiger partial charge < -0.3 is 29.4 Å². The van der Waals surface area contributed by atoms with Crippen LogP contribution in [0.4, 0.5) is 22.0 Å². The van der Waals surface area contributed by atoms with Crippen LogP contribution in [0.15, 0.2) is 35.4 Å². The minimum atomic E-state index is -0.724. The van der Waals surface area contributed by atoms with Gasteiger partial charge in [-0.05, 0) is 45.7 Å². The Balaban J connectivity index is 1.36. The van der Waals surface area contributed by atoms with E-state index in [9.17, 15) is 14.4 Å². The molecule has 0 radical (unpaired) electrons. The molecule has 3 aromatic rings. The zero-order valence-electron chi connectivity index (χ0n) is 23.8. The molecule has 2 saturated carbocycles. The first kappa shape index (κ1) is 27.2. The fraction of sp³-hybridized carbons (Fsp3) is 0.536. The Morgan fingerprint density at radius 1 is 1.20 bits per heavy atom. The summed E-state index contributed by atoms with van der Waals surface area (Å²) in [6, 6.07) is 5.11. The van der Waals surface area contributed by atoms with Crippen molar-refractivity contribution in [1.82, 2.24) is 24.5 Å². The molecule has 0 bridgehead atoms. The predicted octanol–water partition coefficient (Wildman–Crippen LogP) is 2.73. The standard InChI is InChI=1S/C28H35N7O6/c1-28(2,3)41-27(38)33(4)19-11-22(30-18-7-6-10-34(26(18)37)23-15-13-40-14-16(15)23)32-35-20(12-29-24(19)35)25(36)31-17-8-9-21(17)39-5/h6-7,10-12,15-17,21,23H,8-9,13-14H2,1-5H3,(H,30,32)(H,31,36)/t15-,16+,17?,21-,23+/m0/s1. The van der Waals surface area contributed by atoms with E-state index >= 15 is 0 Å². The van der Waals surface area contributed by atoms with Crippen LogP contribution in [0, 0.1) is 11.8 Å². The first-order valence-corrected chi connectivity index (χ1v) is 13.8. The summed E-state index contributed by atoms with van der Waals surface area (Å²) in [6.07, 6.45) is 4.24. The van der Waals surface area contributed by atoms with Gasteiger partial charge in [0.2, 0.25) is 0 Å². The molecule has 13 nitrogen and oxygen atoms in total. The van der Waals surface area contributed by atoms with Gasteiger partial charge in [0, 0.05) is 44.3 Å². The van der Waals surface area contributed by atoms with Gasteiger partial charge >= 0.3 is 6.09 Å². The van der Waals surface area contributed by atoms with E-state index in [-0.39, 0.29) is 46.8 Å². The van der Waals surface area contributed by atoms with E-state index in [0.29, 0.717) is 36.4 Å². The molecule has 1 unspecified atom stereocenters. The van der Waals surface area contributed by atoms with Crippen LogP contribution in [-0.4, -0.2) is 76.3 Å². The molecule has 1 aliphatic heterocycles. The van der Waals surface area contributed by atoms with Crippen LogP contribution in [0.1, 0.15) is 50.1 Å². The number of imidazole rings is 1. The summed E-state index contributed by atoms with van der Waals surface area (Å²) in [5.41, 5.74) is 0.217. The van der Waals surface area contributed by atoms with Crippen molar-refractivity contribution < 1.29 is 23.8 Å². The molecule has 4 heterocycles. The van der Waals surface area contributed by atoms with Crippen LogP contribution in [0.3, 0.4) is 0 Å². The number of amides is 2. The monoisotopic (exact) mass is 565 g/mol. The number of nitrogens with one attached hydrogen (secondary N) is 2. The molecule has 3 fully saturated rings. The number of anilines is 3. The highest BCUT2D eigenvalue weighted by Crippen LogP contribution is 2.53. The molecule has 2 aliphatic carbocycles. The molecule has 3 aliphatic rings. The summed E-state index contributed by atoms with van der Waals surface area (Å²) >= 11 is 0. The second-order valence-corrected chi connectivity index (χ2v) is 11.9. The highest BCUT2D eigenvalue weighted by Gasteiger charge is 2.55. The second kappa shape index (κ2) is 10.1. The molecule has 2 amide bonds. The number of ether oxygens (including phenoxy) is 3. The number of carbonyl (C=O) groups is 2. The van der Waals surface area contributed by atoms with E-state index in [1.807, 2.05) is 6.07 Å². The number of nitrogens with zero attached hydrogens (tertiary/aromatic N) is 5. The van der Waals surface area contributed by atoms with Gasteiger partial charge in [0.05, 0.1) is 37.2 Å². The Morgan fingerprint density at radius 3 is 2.61 bits per heavy atom. The molecule has 3 aromatic heterocycles. The molecule has 218 valence electrons. The lowest BCUT2D eigenvalue weighted by Gasteiger charge is -2.35. The Morgan fingerprint density at radius 2 is 1.95 bits per heavy atom. The molecule has 5 atom stereocenters. The number of hydrogen-bond donors (Lipinski definition) is 2. The maximum absolute atomic E-state index is 13.4. The highest BCUT2D eigenvalue weighted by atomic mass is 16.6. The molecular weight excluding hydrogens is 530 g/mol. The number of rotatable bonds is 7. The SMILES string of the molecule is CO[C@H]1CCC1NC(=O)c1cnc2c(N(C)C(=O)OC(C)(C)C)cc(Nc3cccn([C@H]4[C@@H]5COC[C@@H]54)c3=O)nn12. The Hall–Kier alpha value is -3.97. The van der Waals surface area contributed by atoms with Crippen molar-refractivity contribution in [3.05, 3.63) is 46.6 Å². The summed E-state index contributed by atoms with van der Waals surface area (Å²) in [5, 5.41) is 10.7. The van der Waals surface area contributed by atoms with Gasteiger partial charge in [0.1, 0.15) is 11.3 Å². The smallest absolute Gasteiger partial charge is 0.414 e. The van der Waals surface area contributed by atoms with Crippen molar-refractivity contribution in [3.63, 3.8) is 0 Å². The van der Waals surface area contributed by atoms with E-state index in [0.717, 1.165) is 12.8 Å². The number of fused-ring (bicyclic) bond motifs is 2. The third-order valence-corrected chi connectivity index (χ3v) is 8.01. The number of carbonyl (C=O) groups excluding carboxylic acids is 2. The zero-order valence-corrected chi connectivity index (χ0v) is 23.8. The number of methoxy groups -OCH3 is 1. The molecule has 2 N–H and O–H groups in total. The van der Waals surface area contributed by atoms with E-state index in [1.54, 1.807) is 57.8 Å². The first-order chi connectivity index (χ1) is 19.6. The van der Waals surface area contributed by atoms with E-state index in [1.165, 1.54) is 15.6 Å². The van der Waals surface area contributed by atoms with Gasteiger partial charge in [-0.15, -0.1) is 5.10 Å². The van der Waals surface area contributed by atoms with Gasteiger partial charge in [-0.3, -0.25) is 14.5 Å². The number of hydrogen-bond acceptors (Lipinski definition) is 9. The third kappa shape index (κ3) is 5.04. The van der Waals surface area contributed by atoms with Crippen molar-refractivity contribution in [1.29, 1.82) is 0 Å². The van der Waals surface area contributed by atoms with Crippen molar-refractivity contribution in [3.8, 4) is 0 Å². The normalized spacial score (nSPS) is 24.9. The quantitative estimate of drug-likeness (QED) is 0.442. The van der Waals surface area contributed by atoms with Crippen LogP contribution in [0.25, 0.3) is 5.65 Å². The summed E-state index contributed by atoms with van der Waals surface area (Å²) in [5.74, 6) is 0.589. The second-order valence-electron chi connectivity index (χ2n) is 11.9. The van der Waals surface area contributed by atoms with Gasteiger partial charge in [-0.25, -0.2) is 14.3 Å². The highest BCUT2D eigenvalue weighted by molar-refractivity contribution is 5.96. The molecule has 13 heteroatoms. The number of aromatic nitrogens is 4. The summed E-state index contributed by atoms with van der Waals surface area (Å²) < 4.78 is 19.6. The van der Waals surface area contributed by atoms with Crippen LogP contribution in [0.5, 0.6) is 0 Å². The van der Waals surface area contributed by atoms with Crippen LogP contribution < -0.4 is 21.1 Å². The predicted molar refractivity (Wildman–Crippen MR) is 150 cm³/mol. The first-order valence-electron chi connectivity index (χ1n) is 13.8. The minimum absolute atomic E-state index is 0.0463. The zero-order chi connectivity index (χ0) is 29.1. The van der Waals surface area contributed by atoms with E-state index < -0.39 is 11.7 Å². The maximum Gasteiger partial charge on any atom is 0.414 e. The van der Waals surface area contributed by atoms with Crippen LogP contribution in [0.2, 0.25) is 0 Å². The average Bonchev–Trinajstić information content (AvgIpc) is 3.21. The van der Waals surface area contributed by atoms with Gasteiger partial charge in [-0.2, -0.15) is 0 Å². The third-order valence-electron chi connectivity index (χ3n) is 8.01. The Bertz CT molecular complexity index is 1550. The molecule has 41 heavy (non-hydrogen) atoms. The fourth-order valence-electron chi connectivity index (χ4n) is 5.60. The van der Waals surface area contributed by atoms with Crippen molar-refractivity contribution >= 4 is 34.8 Å². The Kier molecular flexibility index (Phi) is 6.73. The van der Waals surface area contributed by atoms with Crippen molar-refractivity contribution in [2.45, 2.75) is 57.4 Å². The van der Waals surface area contributed by atoms with E-state index in [4.69, 9.17) is 14.2 Å². The minimum Gasteiger partial charge on any atom is -0.443 e. The molecular formula is C28H35N7O6. The lowest BCUT2D eigenvalue weighted by atomic mass is 9.89. The topological polar surface area (TPSA) is 141 Å². The van der Waals surface area contributed by atoms with Crippen LogP contribution in [-0.2, 0) is 14.2 Å². The fourth-order valence-corrected chi connectivity index (χ4v) is 5.60. The molecule has 6 rings (SSSR count). The summed E-state index contributed by atoms with van der Waals surface area (Å²) in [4.78, 5) is 45.5. The lowest BCUT2D eigenvalue weighted by Crippen LogP contribution is -2.51. The molecule has 0 aromatic carbocycles. The van der Waals surface area contributed by atoms with Gasteiger partial charge in [0.25, 0.3) is 11.5 Å². The van der Waals surface area contributed by atoms with Crippen LogP contribution >= 0.6 is 0 Å². The molecule has 1 saturated heterocycles. The number of pyridine rings is 1. The lowest BCUT2D eigenvalue weighted by molar-refractivity contribution is 0.00718. The van der Waals surface area contributed by atoms with E-state index in [2.05, 4.69) is 20.7 Å². The summed E-state index contributed by atoms with van der Waals surface area (Å²) in [6.45, 7) is 6.66. The van der Waals surface area contributed by atoms with Crippen molar-refractivity contribution in [2.75, 3.05) is 37.6 Å². The summed E-state index contributed by atoms with van der Waals surface area (Å²) in [7, 11) is 3.18. The average molecular weight is 566 g/mol.